The van der Waals surface area contributed by atoms with Gasteiger partial charge >= 0.3 is 0 Å². The summed E-state index contributed by atoms with van der Waals surface area (Å²) in [7, 11) is 3.27. The number of thiol groups is 1. The van der Waals surface area contributed by atoms with Gasteiger partial charge in [-0.2, -0.15) is 0 Å². The number of hydrogen-bond donors (Lipinski definition) is 1. The van der Waals surface area contributed by atoms with Crippen LogP contribution in [0.4, 0.5) is 0 Å². The third-order valence-electron chi connectivity index (χ3n) is 1.55. The molecule has 2 nitrogen and oxygen atoms in total. The molecule has 1 aliphatic heterocycles. The van der Waals surface area contributed by atoms with Gasteiger partial charge in [0.2, 0.25) is 5.91 Å². The fraction of sp³-hybridized carbons (Fsp3) is 0.800. The predicted molar refractivity (Wildman–Crippen MR) is 42.4 cm³/mol. The first-order chi connectivity index (χ1) is 4.25. The molecule has 1 aliphatic rings. The molecule has 0 aromatic rings. The summed E-state index contributed by atoms with van der Waals surface area (Å²) >= 11 is 4.04. The number of carbonyl (C=O) groups is 1. The summed E-state index contributed by atoms with van der Waals surface area (Å²) in [6.45, 7) is 0. The van der Waals surface area contributed by atoms with Gasteiger partial charge in [-0.25, -0.2) is 0 Å². The van der Waals surface area contributed by atoms with Crippen LogP contribution in [-0.4, -0.2) is 23.2 Å². The third kappa shape index (κ3) is 1.35. The van der Waals surface area contributed by atoms with Crippen LogP contribution in [0.5, 0.6) is 0 Å². The zero-order valence-electron chi connectivity index (χ0n) is 5.20. The fourth-order valence-electron chi connectivity index (χ4n) is 0.901. The monoisotopic (exact) mass is 163 g/mol. The molecule has 0 aliphatic carbocycles. The predicted octanol–water partition coefficient (Wildman–Crippen LogP) is 1.14. The van der Waals surface area contributed by atoms with Gasteiger partial charge in [0.15, 0.2) is 0 Å². The van der Waals surface area contributed by atoms with E-state index in [0.29, 0.717) is 11.8 Å². The molecule has 4 heteroatoms. The van der Waals surface area contributed by atoms with E-state index in [9.17, 15) is 4.79 Å². The zero-order valence-corrected chi connectivity index (χ0v) is 6.91. The lowest BCUT2D eigenvalue weighted by atomic mass is 10.4. The minimum Gasteiger partial charge on any atom is -0.333 e. The first-order valence-electron chi connectivity index (χ1n) is 2.81. The summed E-state index contributed by atoms with van der Waals surface area (Å²) in [5.41, 5.74) is 0. The van der Waals surface area contributed by atoms with Crippen molar-refractivity contribution in [1.82, 2.24) is 4.90 Å². The smallest absolute Gasteiger partial charge is 0.223 e. The Bertz CT molecular complexity index is 128. The Labute approximate surface area is 63.8 Å². The molecule has 0 radical (unpaired) electrons. The molecule has 1 fully saturated rings. The van der Waals surface area contributed by atoms with E-state index in [1.54, 1.807) is 4.90 Å². The maximum absolute atomic E-state index is 10.8. The highest BCUT2D eigenvalue weighted by Gasteiger charge is 2.26. The van der Waals surface area contributed by atoms with Crippen molar-refractivity contribution < 1.29 is 4.79 Å². The summed E-state index contributed by atoms with van der Waals surface area (Å²) in [5.74, 6) is 0.238. The molecule has 9 heavy (non-hydrogen) atoms. The molecule has 1 amide bonds. The van der Waals surface area contributed by atoms with Crippen LogP contribution in [0.1, 0.15) is 12.8 Å². The number of hydrogen-bond acceptors (Lipinski definition) is 3. The second-order valence-electron chi connectivity index (χ2n) is 2.10. The van der Waals surface area contributed by atoms with Crippen LogP contribution in [0.3, 0.4) is 0 Å². The van der Waals surface area contributed by atoms with Crippen LogP contribution in [0.15, 0.2) is 0 Å². The number of rotatable bonds is 1. The molecule has 0 bridgehead atoms. The Balaban J connectivity index is 2.51. The number of amides is 1. The largest absolute Gasteiger partial charge is 0.333 e. The average molecular weight is 163 g/mol. The van der Waals surface area contributed by atoms with E-state index in [1.807, 2.05) is 7.05 Å². The quantitative estimate of drug-likeness (QED) is 0.462. The Kier molecular flexibility index (Phi) is 2.29. The highest BCUT2D eigenvalue weighted by molar-refractivity contribution is 8.68. The van der Waals surface area contributed by atoms with Gasteiger partial charge in [-0.05, 0) is 6.42 Å². The molecule has 0 N–H and O–H groups in total. The molecule has 0 spiro atoms. The third-order valence-corrected chi connectivity index (χ3v) is 3.08. The van der Waals surface area contributed by atoms with E-state index >= 15 is 0 Å². The molecule has 1 unspecified atom stereocenters. The van der Waals surface area contributed by atoms with Gasteiger partial charge in [-0.1, -0.05) is 10.8 Å². The van der Waals surface area contributed by atoms with Crippen molar-refractivity contribution >= 4 is 28.4 Å². The second kappa shape index (κ2) is 2.84. The van der Waals surface area contributed by atoms with Crippen molar-refractivity contribution in [2.45, 2.75) is 18.2 Å². The first-order valence-corrected chi connectivity index (χ1v) is 4.75. The number of nitrogens with zero attached hydrogens (tertiary/aromatic N) is 1. The first kappa shape index (κ1) is 7.28. The molecular formula is C5H9NOS2. The summed E-state index contributed by atoms with van der Waals surface area (Å²) in [6, 6.07) is 0. The highest BCUT2D eigenvalue weighted by Crippen LogP contribution is 2.28. The average Bonchev–Trinajstić information content (AvgIpc) is 2.15. The van der Waals surface area contributed by atoms with E-state index in [1.165, 1.54) is 10.8 Å². The fourth-order valence-corrected chi connectivity index (χ4v) is 2.12. The van der Waals surface area contributed by atoms with Crippen molar-refractivity contribution in [1.29, 1.82) is 0 Å². The minimum absolute atomic E-state index is 0.238. The molecule has 0 aromatic carbocycles. The van der Waals surface area contributed by atoms with Gasteiger partial charge in [0.05, 0.1) is 5.37 Å². The SMILES string of the molecule is CN1C(=O)CCC1SS. The van der Waals surface area contributed by atoms with Crippen LogP contribution in [0, 0.1) is 0 Å². The lowest BCUT2D eigenvalue weighted by molar-refractivity contribution is -0.126. The van der Waals surface area contributed by atoms with Crippen molar-refractivity contribution in [3.63, 3.8) is 0 Å². The maximum Gasteiger partial charge on any atom is 0.223 e. The van der Waals surface area contributed by atoms with E-state index in [0.717, 1.165) is 6.42 Å². The Morgan fingerprint density at radius 1 is 1.89 bits per heavy atom. The lowest BCUT2D eigenvalue weighted by Crippen LogP contribution is -2.24. The molecular weight excluding hydrogens is 154 g/mol. The van der Waals surface area contributed by atoms with Gasteiger partial charge in [-0.3, -0.25) is 4.79 Å². The topological polar surface area (TPSA) is 20.3 Å². The van der Waals surface area contributed by atoms with Crippen LogP contribution in [-0.2, 0) is 4.79 Å². The van der Waals surface area contributed by atoms with Crippen molar-refractivity contribution in [3.05, 3.63) is 0 Å². The lowest BCUT2D eigenvalue weighted by Gasteiger charge is -2.15. The zero-order chi connectivity index (χ0) is 6.85. The second-order valence-corrected chi connectivity index (χ2v) is 3.49. The summed E-state index contributed by atoms with van der Waals surface area (Å²) in [6.07, 6.45) is 1.64. The number of carbonyl (C=O) groups excluding carboxylic acids is 1. The molecule has 0 aromatic heterocycles. The van der Waals surface area contributed by atoms with E-state index < -0.39 is 0 Å². The van der Waals surface area contributed by atoms with Crippen LogP contribution in [0.25, 0.3) is 0 Å². The van der Waals surface area contributed by atoms with Gasteiger partial charge in [0.25, 0.3) is 0 Å². The van der Waals surface area contributed by atoms with Gasteiger partial charge in [0.1, 0.15) is 0 Å². The van der Waals surface area contributed by atoms with E-state index in [4.69, 9.17) is 0 Å². The van der Waals surface area contributed by atoms with Gasteiger partial charge in [0, 0.05) is 13.5 Å². The minimum atomic E-state index is 0.238. The molecule has 52 valence electrons. The number of likely N-dealkylation sites (tertiary alicyclic amines) is 1. The summed E-state index contributed by atoms with van der Waals surface area (Å²) < 4.78 is 0. The highest BCUT2D eigenvalue weighted by atomic mass is 33.1. The van der Waals surface area contributed by atoms with Crippen molar-refractivity contribution in [2.75, 3.05) is 7.05 Å². The van der Waals surface area contributed by atoms with Crippen LogP contribution < -0.4 is 0 Å². The Morgan fingerprint density at radius 2 is 2.56 bits per heavy atom. The van der Waals surface area contributed by atoms with E-state index in [-0.39, 0.29) is 5.91 Å². The van der Waals surface area contributed by atoms with Gasteiger partial charge < -0.3 is 4.90 Å². The molecule has 1 atom stereocenters. The van der Waals surface area contributed by atoms with Crippen molar-refractivity contribution in [3.8, 4) is 0 Å². The normalized spacial score (nSPS) is 27.6. The Morgan fingerprint density at radius 3 is 2.78 bits per heavy atom. The Hall–Kier alpha value is 0.170. The van der Waals surface area contributed by atoms with Crippen LogP contribution in [0.2, 0.25) is 0 Å². The summed E-state index contributed by atoms with van der Waals surface area (Å²) in [4.78, 5) is 12.6. The molecule has 1 saturated heterocycles. The standard InChI is InChI=1S/C5H9NOS2/c1-6-4(7)2-3-5(6)9-8/h5,8H,2-3H2,1H3. The molecule has 1 rings (SSSR count). The van der Waals surface area contributed by atoms with E-state index in [2.05, 4.69) is 11.7 Å². The maximum atomic E-state index is 10.8. The van der Waals surface area contributed by atoms with Crippen molar-refractivity contribution in [2.24, 2.45) is 0 Å². The van der Waals surface area contributed by atoms with Crippen LogP contribution >= 0.6 is 22.5 Å². The molecule has 0 saturated carbocycles. The summed E-state index contributed by atoms with van der Waals surface area (Å²) in [5, 5.41) is 0.306. The van der Waals surface area contributed by atoms with Gasteiger partial charge in [-0.15, -0.1) is 11.7 Å². The molecule has 1 heterocycles.